The summed E-state index contributed by atoms with van der Waals surface area (Å²) < 4.78 is 54.2. The molecule has 1 amide bonds. The van der Waals surface area contributed by atoms with Gasteiger partial charge in [-0.15, -0.1) is 8.78 Å². The Kier molecular flexibility index (Phi) is 6.72. The molecule has 5 rings (SSSR count). The van der Waals surface area contributed by atoms with Crippen LogP contribution >= 0.6 is 0 Å². The van der Waals surface area contributed by atoms with Gasteiger partial charge in [0.2, 0.25) is 5.91 Å². The van der Waals surface area contributed by atoms with Crippen LogP contribution in [-0.2, 0) is 22.2 Å². The number of amides is 1. The van der Waals surface area contributed by atoms with E-state index in [1.165, 1.54) is 18.2 Å². The van der Waals surface area contributed by atoms with Crippen molar-refractivity contribution >= 4 is 22.5 Å². The molecule has 1 N–H and O–H groups in total. The molecule has 1 aliphatic carbocycles. The molecule has 206 valence electrons. The van der Waals surface area contributed by atoms with Gasteiger partial charge >= 0.3 is 6.29 Å². The average Bonchev–Trinajstić information content (AvgIpc) is 3.40. The van der Waals surface area contributed by atoms with Crippen LogP contribution in [0.4, 0.5) is 18.9 Å². The molecule has 0 bridgehead atoms. The van der Waals surface area contributed by atoms with Gasteiger partial charge in [-0.3, -0.25) is 4.79 Å². The third-order valence-electron chi connectivity index (χ3n) is 7.14. The second-order valence-electron chi connectivity index (χ2n) is 12.2. The minimum atomic E-state index is -3.73. The van der Waals surface area contributed by atoms with Crippen LogP contribution in [0.25, 0.3) is 10.9 Å². The first-order valence-electron chi connectivity index (χ1n) is 12.4. The Hall–Kier alpha value is -2.91. The maximum atomic E-state index is 15.4. The molecule has 10 heteroatoms. The average molecular weight is 552 g/mol. The van der Waals surface area contributed by atoms with E-state index in [1.807, 2.05) is 0 Å². The number of nitrogens with one attached hydrogen (secondary N) is 1. The van der Waals surface area contributed by atoms with Crippen LogP contribution in [0, 0.1) is 5.82 Å². The Balaban J connectivity index is 0.00000336. The number of aromatic nitrogens is 1. The monoisotopic (exact) mass is 551 g/mol. The molecule has 0 saturated heterocycles. The van der Waals surface area contributed by atoms with Gasteiger partial charge in [0.05, 0.1) is 50.9 Å². The zero-order chi connectivity index (χ0) is 27.0. The molecule has 1 aromatic heterocycles. The highest BCUT2D eigenvalue weighted by molar-refractivity contribution is 6.02. The van der Waals surface area contributed by atoms with Crippen molar-refractivity contribution < 1.29 is 44.3 Å². The number of anilines is 1. The first-order chi connectivity index (χ1) is 17.1. The number of ether oxygens (including phenoxy) is 2. The van der Waals surface area contributed by atoms with Gasteiger partial charge in [0, 0.05) is 22.6 Å². The summed E-state index contributed by atoms with van der Waals surface area (Å²) in [4.78, 5) is 13.4. The van der Waals surface area contributed by atoms with Gasteiger partial charge in [-0.05, 0) is 42.7 Å². The summed E-state index contributed by atoms with van der Waals surface area (Å²) in [5.41, 5.74) is 1.43. The van der Waals surface area contributed by atoms with Crippen LogP contribution in [0.2, 0.25) is 0 Å². The standard InChI is InChI=1S/C28H32F3N3O3.ClH/c1-26(2,3)24-14-17-13-20(19(29)16-21(17)33(24)11-12-34(4,5)6)32-25(35)27(9-10-27)18-7-8-22-23(15-18)37-28(30,31)36-22;/h7-8,13-16H,9-12H2,1-6H3;1H. The fourth-order valence-corrected chi connectivity index (χ4v) is 4.90. The van der Waals surface area contributed by atoms with E-state index in [1.54, 1.807) is 12.1 Å². The molecule has 0 unspecified atom stereocenters. The molecule has 1 fully saturated rings. The van der Waals surface area contributed by atoms with Crippen molar-refractivity contribution in [3.05, 3.63) is 53.5 Å². The van der Waals surface area contributed by atoms with E-state index in [0.29, 0.717) is 18.4 Å². The van der Waals surface area contributed by atoms with Crippen molar-refractivity contribution in [2.24, 2.45) is 0 Å². The van der Waals surface area contributed by atoms with Gasteiger partial charge in [0.25, 0.3) is 0 Å². The van der Waals surface area contributed by atoms with Crippen molar-refractivity contribution in [3.8, 4) is 11.5 Å². The van der Waals surface area contributed by atoms with Crippen molar-refractivity contribution in [1.82, 2.24) is 4.57 Å². The van der Waals surface area contributed by atoms with Crippen LogP contribution in [0.3, 0.4) is 0 Å². The highest BCUT2D eigenvalue weighted by Gasteiger charge is 2.53. The molecule has 2 aliphatic rings. The summed E-state index contributed by atoms with van der Waals surface area (Å²) in [5.74, 6) is -1.09. The number of quaternary nitrogens is 1. The second-order valence-corrected chi connectivity index (χ2v) is 12.2. The third kappa shape index (κ3) is 5.18. The number of fused-ring (bicyclic) bond motifs is 2. The lowest BCUT2D eigenvalue weighted by Gasteiger charge is -2.27. The Bertz CT molecular complexity index is 1400. The Labute approximate surface area is 226 Å². The number of halogens is 4. The quantitative estimate of drug-likeness (QED) is 0.480. The Morgan fingerprint density at radius 1 is 1.05 bits per heavy atom. The fraction of sp³-hybridized carbons (Fsp3) is 0.464. The van der Waals surface area contributed by atoms with E-state index in [0.717, 1.165) is 34.2 Å². The molecular weight excluding hydrogens is 519 g/mol. The molecule has 0 radical (unpaired) electrons. The molecule has 0 atom stereocenters. The first kappa shape index (κ1) is 28.1. The lowest BCUT2D eigenvalue weighted by Crippen LogP contribution is -3.00. The maximum Gasteiger partial charge on any atom is 0.586 e. The van der Waals surface area contributed by atoms with E-state index in [9.17, 15) is 13.6 Å². The van der Waals surface area contributed by atoms with Gasteiger partial charge in [-0.2, -0.15) is 0 Å². The van der Waals surface area contributed by atoms with Crippen molar-refractivity contribution in [1.29, 1.82) is 0 Å². The zero-order valence-electron chi connectivity index (χ0n) is 22.4. The molecule has 6 nitrogen and oxygen atoms in total. The van der Waals surface area contributed by atoms with Crippen molar-refractivity contribution in [2.75, 3.05) is 33.0 Å². The van der Waals surface area contributed by atoms with E-state index < -0.39 is 17.5 Å². The number of nitrogens with zero attached hydrogens (tertiary/aromatic N) is 2. The molecule has 1 aliphatic heterocycles. The number of hydrogen-bond acceptors (Lipinski definition) is 3. The summed E-state index contributed by atoms with van der Waals surface area (Å²) in [7, 11) is 6.36. The van der Waals surface area contributed by atoms with Crippen LogP contribution in [-0.4, -0.2) is 48.9 Å². The SMILES string of the molecule is CC(C)(C)c1cc2cc(NC(=O)C3(c4ccc5c(c4)OC(F)(F)O5)CC3)c(F)cc2n1CC[N+](C)(C)C.[Cl-]. The van der Waals surface area contributed by atoms with E-state index in [-0.39, 0.29) is 40.9 Å². The summed E-state index contributed by atoms with van der Waals surface area (Å²) in [6, 6.07) is 9.59. The fourth-order valence-electron chi connectivity index (χ4n) is 4.90. The Morgan fingerprint density at radius 3 is 2.32 bits per heavy atom. The number of rotatable bonds is 6. The van der Waals surface area contributed by atoms with Crippen LogP contribution < -0.4 is 27.2 Å². The summed E-state index contributed by atoms with van der Waals surface area (Å²) in [6.07, 6.45) is -2.69. The number of alkyl halides is 2. The van der Waals surface area contributed by atoms with Gasteiger partial charge in [0.15, 0.2) is 11.5 Å². The van der Waals surface area contributed by atoms with Crippen LogP contribution in [0.5, 0.6) is 11.5 Å². The van der Waals surface area contributed by atoms with Gasteiger partial charge < -0.3 is 36.2 Å². The lowest BCUT2D eigenvalue weighted by atomic mass is 9.92. The lowest BCUT2D eigenvalue weighted by molar-refractivity contribution is -0.870. The minimum absolute atomic E-state index is 0. The highest BCUT2D eigenvalue weighted by atomic mass is 35.5. The number of hydrogen-bond donors (Lipinski definition) is 1. The summed E-state index contributed by atoms with van der Waals surface area (Å²) in [5, 5.41) is 3.61. The minimum Gasteiger partial charge on any atom is -1.00 e. The molecule has 2 heterocycles. The van der Waals surface area contributed by atoms with Gasteiger partial charge in [-0.25, -0.2) is 4.39 Å². The number of carbonyl (C=O) groups is 1. The zero-order valence-corrected chi connectivity index (χ0v) is 23.2. The molecular formula is C28H33ClF3N3O3. The van der Waals surface area contributed by atoms with Crippen LogP contribution in [0.1, 0.15) is 44.9 Å². The molecule has 0 spiro atoms. The van der Waals surface area contributed by atoms with E-state index >= 15 is 4.39 Å². The normalized spacial score (nSPS) is 17.3. The van der Waals surface area contributed by atoms with Gasteiger partial charge in [0.1, 0.15) is 5.82 Å². The molecule has 1 saturated carbocycles. The predicted molar refractivity (Wildman–Crippen MR) is 136 cm³/mol. The van der Waals surface area contributed by atoms with E-state index in [4.69, 9.17) is 0 Å². The maximum absolute atomic E-state index is 15.4. The van der Waals surface area contributed by atoms with Crippen molar-refractivity contribution in [2.45, 2.75) is 57.3 Å². The topological polar surface area (TPSA) is 52.5 Å². The summed E-state index contributed by atoms with van der Waals surface area (Å²) in [6.45, 7) is 7.98. The third-order valence-corrected chi connectivity index (χ3v) is 7.14. The number of benzene rings is 2. The number of carbonyl (C=O) groups excluding carboxylic acids is 1. The summed E-state index contributed by atoms with van der Waals surface area (Å²) >= 11 is 0. The molecule has 2 aromatic carbocycles. The Morgan fingerprint density at radius 2 is 1.71 bits per heavy atom. The predicted octanol–water partition coefficient (Wildman–Crippen LogP) is 2.78. The molecule has 38 heavy (non-hydrogen) atoms. The van der Waals surface area contributed by atoms with Crippen LogP contribution in [0.15, 0.2) is 36.4 Å². The van der Waals surface area contributed by atoms with Gasteiger partial charge in [-0.1, -0.05) is 26.8 Å². The highest BCUT2D eigenvalue weighted by Crippen LogP contribution is 2.52. The second kappa shape index (κ2) is 9.09. The smallest absolute Gasteiger partial charge is 0.586 e. The van der Waals surface area contributed by atoms with E-state index in [2.05, 4.69) is 67.3 Å². The number of likely N-dealkylation sites (N-methyl/N-ethyl adjacent to an activating group) is 1. The van der Waals surface area contributed by atoms with Crippen molar-refractivity contribution in [3.63, 3.8) is 0 Å². The molecule has 3 aromatic rings. The largest absolute Gasteiger partial charge is 1.00 e. The first-order valence-corrected chi connectivity index (χ1v) is 12.4.